The Bertz CT molecular complexity index is 312. The molecule has 0 radical (unpaired) electrons. The molecule has 13 heavy (non-hydrogen) atoms. The Kier molecular flexibility index (Phi) is 2.14. The summed E-state index contributed by atoms with van der Waals surface area (Å²) in [5.41, 5.74) is 5.90. The molecule has 4 heteroatoms. The summed E-state index contributed by atoms with van der Waals surface area (Å²) in [6, 6.07) is 1.29. The van der Waals surface area contributed by atoms with E-state index in [0.29, 0.717) is 5.69 Å². The summed E-state index contributed by atoms with van der Waals surface area (Å²) in [4.78, 5) is 3.95. The highest BCUT2D eigenvalue weighted by Crippen LogP contribution is 2.29. The quantitative estimate of drug-likeness (QED) is 0.764. The molecule has 0 bridgehead atoms. The van der Waals surface area contributed by atoms with E-state index in [1.165, 1.54) is 12.3 Å². The average molecular weight is 182 g/mol. The zero-order chi connectivity index (χ0) is 9.26. The third-order valence-electron chi connectivity index (χ3n) is 1.93. The van der Waals surface area contributed by atoms with Crippen LogP contribution in [0.25, 0.3) is 0 Å². The molecule has 3 nitrogen and oxygen atoms in total. The molecule has 70 valence electrons. The average Bonchev–Trinajstić information content (AvgIpc) is 2.92. The van der Waals surface area contributed by atoms with Crippen LogP contribution in [0.15, 0.2) is 12.3 Å². The second-order valence-electron chi connectivity index (χ2n) is 3.09. The highest BCUT2D eigenvalue weighted by molar-refractivity contribution is 5.29. The molecule has 0 spiro atoms. The van der Waals surface area contributed by atoms with E-state index in [2.05, 4.69) is 4.98 Å². The van der Waals surface area contributed by atoms with Gasteiger partial charge in [0.2, 0.25) is 0 Å². The molecule has 0 aromatic carbocycles. The van der Waals surface area contributed by atoms with E-state index < -0.39 is 0 Å². The normalized spacial score (nSPS) is 15.8. The fourth-order valence-electron chi connectivity index (χ4n) is 1.09. The van der Waals surface area contributed by atoms with Gasteiger partial charge < -0.3 is 10.5 Å². The molecule has 0 amide bonds. The van der Waals surface area contributed by atoms with E-state index in [1.807, 2.05) is 0 Å². The van der Waals surface area contributed by atoms with Crippen LogP contribution in [-0.2, 0) is 6.54 Å². The Morgan fingerprint density at radius 1 is 1.62 bits per heavy atom. The first kappa shape index (κ1) is 8.44. The minimum absolute atomic E-state index is 0.170. The second kappa shape index (κ2) is 3.30. The fraction of sp³-hybridized carbons (Fsp3) is 0.444. The summed E-state index contributed by atoms with van der Waals surface area (Å²) in [5.74, 6) is -0.144. The van der Waals surface area contributed by atoms with Gasteiger partial charge in [0, 0.05) is 12.7 Å². The monoisotopic (exact) mass is 182 g/mol. The highest BCUT2D eigenvalue weighted by Gasteiger charge is 2.26. The number of ether oxygens (including phenoxy) is 1. The largest absolute Gasteiger partial charge is 0.485 e. The van der Waals surface area contributed by atoms with Gasteiger partial charge in [0.05, 0.1) is 11.8 Å². The number of hydrogen-bond acceptors (Lipinski definition) is 3. The number of rotatable bonds is 3. The van der Waals surface area contributed by atoms with E-state index in [-0.39, 0.29) is 24.2 Å². The lowest BCUT2D eigenvalue weighted by atomic mass is 10.3. The third kappa shape index (κ3) is 1.78. The molecule has 1 aliphatic carbocycles. The SMILES string of the molecule is NCc1nccc(F)c1OC1CC1. The topological polar surface area (TPSA) is 48.1 Å². The Hall–Kier alpha value is -1.16. The minimum Gasteiger partial charge on any atom is -0.485 e. The van der Waals surface area contributed by atoms with Crippen LogP contribution in [0.2, 0.25) is 0 Å². The van der Waals surface area contributed by atoms with E-state index in [9.17, 15) is 4.39 Å². The van der Waals surface area contributed by atoms with Crippen molar-refractivity contribution in [1.29, 1.82) is 0 Å². The highest BCUT2D eigenvalue weighted by atomic mass is 19.1. The first-order chi connectivity index (χ1) is 6.31. The van der Waals surface area contributed by atoms with Gasteiger partial charge in [0.1, 0.15) is 0 Å². The van der Waals surface area contributed by atoms with Gasteiger partial charge in [0.15, 0.2) is 11.6 Å². The summed E-state index contributed by atoms with van der Waals surface area (Å²) in [6.45, 7) is 0.208. The number of nitrogens with two attached hydrogens (primary N) is 1. The van der Waals surface area contributed by atoms with Crippen molar-refractivity contribution < 1.29 is 9.13 Å². The Labute approximate surface area is 75.7 Å². The lowest BCUT2D eigenvalue weighted by Crippen LogP contribution is -2.07. The van der Waals surface area contributed by atoms with Gasteiger partial charge in [-0.1, -0.05) is 0 Å². The molecule has 1 saturated carbocycles. The smallest absolute Gasteiger partial charge is 0.178 e. The second-order valence-corrected chi connectivity index (χ2v) is 3.09. The summed E-state index contributed by atoms with van der Waals surface area (Å²) in [6.07, 6.45) is 3.57. The Balaban J connectivity index is 2.27. The summed E-state index contributed by atoms with van der Waals surface area (Å²) in [5, 5.41) is 0. The van der Waals surface area contributed by atoms with Crippen molar-refractivity contribution in [2.45, 2.75) is 25.5 Å². The molecule has 0 saturated heterocycles. The lowest BCUT2D eigenvalue weighted by Gasteiger charge is -2.08. The molecular weight excluding hydrogens is 171 g/mol. The number of pyridine rings is 1. The zero-order valence-electron chi connectivity index (χ0n) is 7.16. The van der Waals surface area contributed by atoms with Crippen molar-refractivity contribution in [1.82, 2.24) is 4.98 Å². The van der Waals surface area contributed by atoms with E-state index in [1.54, 1.807) is 0 Å². The number of hydrogen-bond donors (Lipinski definition) is 1. The molecule has 1 heterocycles. The minimum atomic E-state index is -0.373. The van der Waals surface area contributed by atoms with Crippen LogP contribution in [0, 0.1) is 5.82 Å². The van der Waals surface area contributed by atoms with Crippen molar-refractivity contribution >= 4 is 0 Å². The van der Waals surface area contributed by atoms with Crippen molar-refractivity contribution in [2.75, 3.05) is 0 Å². The van der Waals surface area contributed by atoms with Crippen LogP contribution < -0.4 is 10.5 Å². The first-order valence-corrected chi connectivity index (χ1v) is 4.31. The van der Waals surface area contributed by atoms with Gasteiger partial charge in [-0.25, -0.2) is 4.39 Å². The van der Waals surface area contributed by atoms with E-state index in [0.717, 1.165) is 12.8 Å². The van der Waals surface area contributed by atoms with Crippen LogP contribution in [0.5, 0.6) is 5.75 Å². The predicted molar refractivity (Wildman–Crippen MR) is 45.7 cm³/mol. The van der Waals surface area contributed by atoms with Crippen molar-refractivity contribution in [3.8, 4) is 5.75 Å². The van der Waals surface area contributed by atoms with E-state index in [4.69, 9.17) is 10.5 Å². The molecule has 1 aromatic rings. The van der Waals surface area contributed by atoms with Gasteiger partial charge in [-0.2, -0.15) is 0 Å². The Morgan fingerprint density at radius 3 is 3.00 bits per heavy atom. The maximum atomic E-state index is 13.2. The van der Waals surface area contributed by atoms with Crippen LogP contribution in [0.4, 0.5) is 4.39 Å². The van der Waals surface area contributed by atoms with Crippen LogP contribution >= 0.6 is 0 Å². The van der Waals surface area contributed by atoms with Crippen molar-refractivity contribution in [3.63, 3.8) is 0 Å². The zero-order valence-corrected chi connectivity index (χ0v) is 7.16. The fourth-order valence-corrected chi connectivity index (χ4v) is 1.09. The third-order valence-corrected chi connectivity index (χ3v) is 1.93. The summed E-state index contributed by atoms with van der Waals surface area (Å²) >= 11 is 0. The number of aromatic nitrogens is 1. The van der Waals surface area contributed by atoms with Crippen LogP contribution in [0.1, 0.15) is 18.5 Å². The molecule has 0 aliphatic heterocycles. The maximum Gasteiger partial charge on any atom is 0.178 e. The number of nitrogens with zero attached hydrogens (tertiary/aromatic N) is 1. The van der Waals surface area contributed by atoms with Crippen LogP contribution in [-0.4, -0.2) is 11.1 Å². The molecule has 1 fully saturated rings. The maximum absolute atomic E-state index is 13.2. The molecule has 1 aliphatic rings. The van der Waals surface area contributed by atoms with E-state index >= 15 is 0 Å². The Morgan fingerprint density at radius 2 is 2.38 bits per heavy atom. The lowest BCUT2D eigenvalue weighted by molar-refractivity contribution is 0.282. The predicted octanol–water partition coefficient (Wildman–Crippen LogP) is 1.22. The van der Waals surface area contributed by atoms with Crippen LogP contribution in [0.3, 0.4) is 0 Å². The van der Waals surface area contributed by atoms with Gasteiger partial charge in [-0.3, -0.25) is 4.98 Å². The standard InChI is InChI=1S/C9H11FN2O/c10-7-3-4-12-8(5-11)9(7)13-6-1-2-6/h3-4,6H,1-2,5,11H2. The molecule has 2 N–H and O–H groups in total. The molecule has 0 unspecified atom stereocenters. The summed E-state index contributed by atoms with van der Waals surface area (Å²) in [7, 11) is 0. The van der Waals surface area contributed by atoms with Gasteiger partial charge in [-0.15, -0.1) is 0 Å². The molecule has 1 aromatic heterocycles. The number of halogens is 1. The van der Waals surface area contributed by atoms with Gasteiger partial charge in [0.25, 0.3) is 0 Å². The van der Waals surface area contributed by atoms with Crippen molar-refractivity contribution in [2.24, 2.45) is 5.73 Å². The molecule has 0 atom stereocenters. The van der Waals surface area contributed by atoms with Gasteiger partial charge in [-0.05, 0) is 18.9 Å². The summed E-state index contributed by atoms with van der Waals surface area (Å²) < 4.78 is 18.6. The van der Waals surface area contributed by atoms with Gasteiger partial charge >= 0.3 is 0 Å². The molecule has 2 rings (SSSR count). The van der Waals surface area contributed by atoms with Crippen molar-refractivity contribution in [3.05, 3.63) is 23.8 Å². The first-order valence-electron chi connectivity index (χ1n) is 4.31. The molecular formula is C9H11FN2O.